The number of hydrogen-bond acceptors (Lipinski definition) is 3. The summed E-state index contributed by atoms with van der Waals surface area (Å²) in [5.74, 6) is 0.311. The summed E-state index contributed by atoms with van der Waals surface area (Å²) >= 11 is 0. The molecule has 0 spiro atoms. The number of benzene rings is 2. The van der Waals surface area contributed by atoms with Crippen LogP contribution in [0.3, 0.4) is 0 Å². The molecule has 1 N–H and O–H groups in total. The van der Waals surface area contributed by atoms with Crippen LogP contribution in [0.5, 0.6) is 0 Å². The molecule has 2 aliphatic heterocycles. The Kier molecular flexibility index (Phi) is 6.71. The Morgan fingerprint density at radius 3 is 2.39 bits per heavy atom. The molecule has 2 heterocycles. The van der Waals surface area contributed by atoms with Crippen molar-refractivity contribution in [2.24, 2.45) is 5.92 Å². The van der Waals surface area contributed by atoms with E-state index in [1.807, 2.05) is 30.3 Å². The fourth-order valence-electron chi connectivity index (χ4n) is 4.73. The van der Waals surface area contributed by atoms with E-state index in [0.29, 0.717) is 18.9 Å². The average molecular weight is 420 g/mol. The van der Waals surface area contributed by atoms with Crippen molar-refractivity contribution in [2.45, 2.75) is 58.3 Å². The second-order valence-electron chi connectivity index (χ2n) is 9.28. The van der Waals surface area contributed by atoms with Crippen LogP contribution in [-0.4, -0.2) is 46.8 Å². The summed E-state index contributed by atoms with van der Waals surface area (Å²) in [6.45, 7) is 7.64. The third-order valence-electron chi connectivity index (χ3n) is 6.41. The van der Waals surface area contributed by atoms with E-state index in [2.05, 4.69) is 48.3 Å². The van der Waals surface area contributed by atoms with E-state index < -0.39 is 6.04 Å². The molecule has 0 bridgehead atoms. The van der Waals surface area contributed by atoms with Gasteiger partial charge >= 0.3 is 0 Å². The smallest absolute Gasteiger partial charge is 0.255 e. The Morgan fingerprint density at radius 1 is 1.03 bits per heavy atom. The van der Waals surface area contributed by atoms with Gasteiger partial charge in [-0.1, -0.05) is 62.4 Å². The lowest BCUT2D eigenvalue weighted by Gasteiger charge is -2.34. The Hall–Kier alpha value is -2.66. The van der Waals surface area contributed by atoms with E-state index in [9.17, 15) is 9.59 Å². The van der Waals surface area contributed by atoms with Gasteiger partial charge in [0.15, 0.2) is 0 Å². The standard InChI is InChI=1S/C26H33N3O2/c1-19(2)16-24(29-18-21-10-6-7-11-23(21)26(29)31)25(30)27-22-12-14-28(15-13-22)17-20-8-4-3-5-9-20/h3-11,19,22,24H,12-18H2,1-2H3,(H,27,30)/t24-/m0/s1. The number of carbonyl (C=O) groups is 2. The van der Waals surface area contributed by atoms with Gasteiger partial charge < -0.3 is 10.2 Å². The molecule has 2 aromatic carbocycles. The van der Waals surface area contributed by atoms with Crippen LogP contribution < -0.4 is 5.32 Å². The Morgan fingerprint density at radius 2 is 1.71 bits per heavy atom. The van der Waals surface area contributed by atoms with Gasteiger partial charge in [-0.3, -0.25) is 14.5 Å². The second-order valence-corrected chi connectivity index (χ2v) is 9.28. The van der Waals surface area contributed by atoms with Crippen LogP contribution in [0.1, 0.15) is 54.6 Å². The largest absolute Gasteiger partial charge is 0.351 e. The number of fused-ring (bicyclic) bond motifs is 1. The fraction of sp³-hybridized carbons (Fsp3) is 0.462. The number of hydrogen-bond donors (Lipinski definition) is 1. The third kappa shape index (κ3) is 5.16. The zero-order valence-corrected chi connectivity index (χ0v) is 18.6. The van der Waals surface area contributed by atoms with Crippen molar-refractivity contribution in [2.75, 3.05) is 13.1 Å². The van der Waals surface area contributed by atoms with E-state index in [0.717, 1.165) is 43.6 Å². The highest BCUT2D eigenvalue weighted by molar-refractivity contribution is 6.01. The molecule has 5 nitrogen and oxygen atoms in total. The number of likely N-dealkylation sites (tertiary alicyclic amines) is 1. The van der Waals surface area contributed by atoms with E-state index in [4.69, 9.17) is 0 Å². The molecule has 1 atom stereocenters. The molecule has 1 fully saturated rings. The van der Waals surface area contributed by atoms with Gasteiger partial charge in [0.2, 0.25) is 5.91 Å². The SMILES string of the molecule is CC(C)C[C@@H](C(=O)NC1CCN(Cc2ccccc2)CC1)N1Cc2ccccc2C1=O. The third-order valence-corrected chi connectivity index (χ3v) is 6.41. The van der Waals surface area contributed by atoms with Gasteiger partial charge in [-0.05, 0) is 42.4 Å². The van der Waals surface area contributed by atoms with Gasteiger partial charge in [0.05, 0.1) is 0 Å². The number of nitrogens with one attached hydrogen (secondary N) is 1. The van der Waals surface area contributed by atoms with Gasteiger partial charge in [0.25, 0.3) is 5.91 Å². The molecule has 164 valence electrons. The Labute approximate surface area is 185 Å². The van der Waals surface area contributed by atoms with E-state index in [1.54, 1.807) is 4.90 Å². The minimum absolute atomic E-state index is 0.00337. The molecule has 2 amide bonds. The van der Waals surface area contributed by atoms with Gasteiger partial charge in [-0.2, -0.15) is 0 Å². The van der Waals surface area contributed by atoms with Crippen LogP contribution in [0.15, 0.2) is 54.6 Å². The molecule has 2 aromatic rings. The quantitative estimate of drug-likeness (QED) is 0.742. The van der Waals surface area contributed by atoms with Crippen LogP contribution in [0.4, 0.5) is 0 Å². The summed E-state index contributed by atoms with van der Waals surface area (Å²) in [4.78, 5) is 30.5. The highest BCUT2D eigenvalue weighted by Crippen LogP contribution is 2.27. The van der Waals surface area contributed by atoms with E-state index >= 15 is 0 Å². The maximum atomic E-state index is 13.3. The molecule has 0 saturated carbocycles. The van der Waals surface area contributed by atoms with Crippen LogP contribution in [-0.2, 0) is 17.9 Å². The second kappa shape index (κ2) is 9.65. The van der Waals surface area contributed by atoms with Crippen molar-refractivity contribution in [1.82, 2.24) is 15.1 Å². The maximum Gasteiger partial charge on any atom is 0.255 e. The minimum Gasteiger partial charge on any atom is -0.351 e. The number of carbonyl (C=O) groups excluding carboxylic acids is 2. The number of nitrogens with zero attached hydrogens (tertiary/aromatic N) is 2. The highest BCUT2D eigenvalue weighted by Gasteiger charge is 2.37. The van der Waals surface area contributed by atoms with Crippen molar-refractivity contribution in [3.05, 3.63) is 71.3 Å². The van der Waals surface area contributed by atoms with E-state index in [-0.39, 0.29) is 17.9 Å². The molecular weight excluding hydrogens is 386 g/mol. The number of amides is 2. The molecule has 0 aliphatic carbocycles. The summed E-state index contributed by atoms with van der Waals surface area (Å²) < 4.78 is 0. The average Bonchev–Trinajstić information content (AvgIpc) is 3.10. The molecule has 2 aliphatic rings. The normalized spacial score (nSPS) is 18.3. The molecule has 0 radical (unpaired) electrons. The summed E-state index contributed by atoms with van der Waals surface area (Å²) in [5.41, 5.74) is 3.08. The lowest BCUT2D eigenvalue weighted by molar-refractivity contribution is -0.127. The molecule has 4 rings (SSSR count). The van der Waals surface area contributed by atoms with Crippen LogP contribution in [0.2, 0.25) is 0 Å². The van der Waals surface area contributed by atoms with Crippen molar-refractivity contribution >= 4 is 11.8 Å². The Bertz CT molecular complexity index is 904. The number of rotatable bonds is 7. The van der Waals surface area contributed by atoms with Crippen molar-refractivity contribution in [3.8, 4) is 0 Å². The van der Waals surface area contributed by atoms with Crippen LogP contribution in [0.25, 0.3) is 0 Å². The predicted octanol–water partition coefficient (Wildman–Crippen LogP) is 3.84. The first-order valence-corrected chi connectivity index (χ1v) is 11.5. The lowest BCUT2D eigenvalue weighted by Crippen LogP contribution is -2.52. The van der Waals surface area contributed by atoms with Gasteiger partial charge in [0, 0.05) is 37.8 Å². The molecule has 31 heavy (non-hydrogen) atoms. The minimum atomic E-state index is -0.415. The lowest BCUT2D eigenvalue weighted by atomic mass is 9.99. The van der Waals surface area contributed by atoms with Gasteiger partial charge in [0.1, 0.15) is 6.04 Å². The summed E-state index contributed by atoms with van der Waals surface area (Å²) in [7, 11) is 0. The molecule has 5 heteroatoms. The summed E-state index contributed by atoms with van der Waals surface area (Å²) in [6, 6.07) is 18.0. The Balaban J connectivity index is 1.35. The zero-order chi connectivity index (χ0) is 21.8. The van der Waals surface area contributed by atoms with Crippen molar-refractivity contribution in [3.63, 3.8) is 0 Å². The molecule has 1 saturated heterocycles. The van der Waals surface area contributed by atoms with Crippen LogP contribution in [0, 0.1) is 5.92 Å². The zero-order valence-electron chi connectivity index (χ0n) is 18.6. The van der Waals surface area contributed by atoms with Gasteiger partial charge in [-0.15, -0.1) is 0 Å². The summed E-state index contributed by atoms with van der Waals surface area (Å²) in [5, 5.41) is 3.27. The molecule has 0 unspecified atom stereocenters. The first kappa shape index (κ1) is 21.6. The topological polar surface area (TPSA) is 52.7 Å². The monoisotopic (exact) mass is 419 g/mol. The van der Waals surface area contributed by atoms with Crippen LogP contribution >= 0.6 is 0 Å². The van der Waals surface area contributed by atoms with E-state index in [1.165, 1.54) is 5.56 Å². The predicted molar refractivity (Wildman–Crippen MR) is 122 cm³/mol. The first-order chi connectivity index (χ1) is 15.0. The fourth-order valence-corrected chi connectivity index (χ4v) is 4.73. The summed E-state index contributed by atoms with van der Waals surface area (Å²) in [6.07, 6.45) is 2.57. The first-order valence-electron chi connectivity index (χ1n) is 11.5. The van der Waals surface area contributed by atoms with Crippen molar-refractivity contribution in [1.29, 1.82) is 0 Å². The van der Waals surface area contributed by atoms with Gasteiger partial charge in [-0.25, -0.2) is 0 Å². The molecule has 0 aromatic heterocycles. The maximum absolute atomic E-state index is 13.3. The molecular formula is C26H33N3O2. The number of piperidine rings is 1. The van der Waals surface area contributed by atoms with Crippen molar-refractivity contribution < 1.29 is 9.59 Å². The highest BCUT2D eigenvalue weighted by atomic mass is 16.2.